The van der Waals surface area contributed by atoms with Gasteiger partial charge in [0, 0.05) is 20.0 Å². The minimum Gasteiger partial charge on any atom is -0.424 e. The van der Waals surface area contributed by atoms with Crippen molar-refractivity contribution in [1.82, 2.24) is 15.1 Å². The Morgan fingerprint density at radius 2 is 2.46 bits per heavy atom. The Bertz CT molecular complexity index is 287. The largest absolute Gasteiger partial charge is 0.424 e. The van der Waals surface area contributed by atoms with Gasteiger partial charge in [-0.3, -0.25) is 4.90 Å². The van der Waals surface area contributed by atoms with Gasteiger partial charge in [-0.1, -0.05) is 0 Å². The highest BCUT2D eigenvalue weighted by Crippen LogP contribution is 2.12. The van der Waals surface area contributed by atoms with Crippen molar-refractivity contribution in [3.8, 4) is 0 Å². The van der Waals surface area contributed by atoms with Gasteiger partial charge in [0.25, 0.3) is 0 Å². The second-order valence-electron chi connectivity index (χ2n) is 3.39. The Kier molecular flexibility index (Phi) is 2.28. The zero-order valence-corrected chi connectivity index (χ0v) is 7.60. The molecule has 13 heavy (non-hydrogen) atoms. The fourth-order valence-corrected chi connectivity index (χ4v) is 1.55. The van der Waals surface area contributed by atoms with E-state index in [0.29, 0.717) is 24.9 Å². The summed E-state index contributed by atoms with van der Waals surface area (Å²) in [6.45, 7) is 4.04. The molecule has 72 valence electrons. The monoisotopic (exact) mass is 183 g/mol. The predicted molar refractivity (Wildman–Crippen MR) is 44.9 cm³/mol. The lowest BCUT2D eigenvalue weighted by molar-refractivity contribution is 0.171. The van der Waals surface area contributed by atoms with Crippen LogP contribution in [0, 0.1) is 6.92 Å². The van der Waals surface area contributed by atoms with E-state index >= 15 is 0 Å². The van der Waals surface area contributed by atoms with Crippen LogP contribution in [0.3, 0.4) is 0 Å². The fourth-order valence-electron chi connectivity index (χ4n) is 1.55. The molecule has 2 rings (SSSR count). The molecule has 1 atom stereocenters. The van der Waals surface area contributed by atoms with Gasteiger partial charge in [0.1, 0.15) is 0 Å². The summed E-state index contributed by atoms with van der Waals surface area (Å²) < 4.78 is 5.24. The Morgan fingerprint density at radius 1 is 1.62 bits per heavy atom. The fraction of sp³-hybridized carbons (Fsp3) is 0.750. The van der Waals surface area contributed by atoms with Crippen LogP contribution in [0.1, 0.15) is 18.2 Å². The summed E-state index contributed by atoms with van der Waals surface area (Å²) in [4.78, 5) is 2.11. The summed E-state index contributed by atoms with van der Waals surface area (Å²) >= 11 is 0. The molecule has 0 saturated carbocycles. The smallest absolute Gasteiger partial charge is 0.230 e. The predicted octanol–water partition coefficient (Wildman–Crippen LogP) is -0.0554. The van der Waals surface area contributed by atoms with Crippen LogP contribution >= 0.6 is 0 Å². The van der Waals surface area contributed by atoms with Crippen LogP contribution in [-0.4, -0.2) is 39.4 Å². The third kappa shape index (κ3) is 2.05. The molecule has 0 radical (unpaired) electrons. The third-order valence-electron chi connectivity index (χ3n) is 2.17. The molecule has 0 amide bonds. The summed E-state index contributed by atoms with van der Waals surface area (Å²) in [5, 5.41) is 16.9. The molecular formula is C8H13N3O2. The van der Waals surface area contributed by atoms with Gasteiger partial charge >= 0.3 is 0 Å². The molecule has 1 fully saturated rings. The first kappa shape index (κ1) is 8.65. The van der Waals surface area contributed by atoms with Crippen molar-refractivity contribution in [2.75, 3.05) is 13.1 Å². The number of likely N-dealkylation sites (tertiary alicyclic amines) is 1. The van der Waals surface area contributed by atoms with Crippen LogP contribution < -0.4 is 0 Å². The van der Waals surface area contributed by atoms with Gasteiger partial charge in [-0.25, -0.2) is 0 Å². The van der Waals surface area contributed by atoms with Gasteiger partial charge in [-0.15, -0.1) is 10.2 Å². The minimum absolute atomic E-state index is 0.191. The zero-order valence-electron chi connectivity index (χ0n) is 7.60. The lowest BCUT2D eigenvalue weighted by Crippen LogP contribution is -2.21. The molecule has 0 unspecified atom stereocenters. The standard InChI is InChI=1S/C8H13N3O2/c1-6-9-10-8(13-6)5-11-3-2-7(12)4-11/h7,12H,2-5H2,1H3/t7-/m0/s1. The van der Waals surface area contributed by atoms with E-state index in [1.807, 2.05) is 0 Å². The SMILES string of the molecule is Cc1nnc(CN2CC[C@H](O)C2)o1. The molecule has 0 bridgehead atoms. The number of aliphatic hydroxyl groups is 1. The topological polar surface area (TPSA) is 62.4 Å². The number of aryl methyl sites for hydroxylation is 1. The van der Waals surface area contributed by atoms with Crippen LogP contribution in [0.5, 0.6) is 0 Å². The molecule has 5 nitrogen and oxygen atoms in total. The van der Waals surface area contributed by atoms with E-state index in [-0.39, 0.29) is 6.10 Å². The van der Waals surface area contributed by atoms with Crippen molar-refractivity contribution in [2.24, 2.45) is 0 Å². The Labute approximate surface area is 76.4 Å². The maximum absolute atomic E-state index is 9.27. The summed E-state index contributed by atoms with van der Waals surface area (Å²) in [7, 11) is 0. The first-order valence-electron chi connectivity index (χ1n) is 4.43. The lowest BCUT2D eigenvalue weighted by Gasteiger charge is -2.10. The van der Waals surface area contributed by atoms with E-state index in [1.165, 1.54) is 0 Å². The molecule has 1 aliphatic heterocycles. The summed E-state index contributed by atoms with van der Waals surface area (Å²) in [5.41, 5.74) is 0. The van der Waals surface area contributed by atoms with Gasteiger partial charge in [-0.05, 0) is 6.42 Å². The van der Waals surface area contributed by atoms with Gasteiger partial charge in [0.05, 0.1) is 12.6 Å². The van der Waals surface area contributed by atoms with Crippen LogP contribution in [0.2, 0.25) is 0 Å². The van der Waals surface area contributed by atoms with Crippen molar-refractivity contribution < 1.29 is 9.52 Å². The van der Waals surface area contributed by atoms with E-state index in [1.54, 1.807) is 6.92 Å². The Morgan fingerprint density at radius 3 is 3.00 bits per heavy atom. The summed E-state index contributed by atoms with van der Waals surface area (Å²) in [6.07, 6.45) is 0.650. The third-order valence-corrected chi connectivity index (χ3v) is 2.17. The number of aromatic nitrogens is 2. The second kappa shape index (κ2) is 3.43. The molecular weight excluding hydrogens is 170 g/mol. The maximum atomic E-state index is 9.27. The summed E-state index contributed by atoms with van der Waals surface area (Å²) in [5.74, 6) is 1.22. The highest BCUT2D eigenvalue weighted by Gasteiger charge is 2.21. The van der Waals surface area contributed by atoms with Crippen LogP contribution in [0.15, 0.2) is 4.42 Å². The molecule has 1 aromatic heterocycles. The molecule has 2 heterocycles. The van der Waals surface area contributed by atoms with E-state index in [0.717, 1.165) is 13.0 Å². The molecule has 0 spiro atoms. The molecule has 1 aliphatic rings. The summed E-state index contributed by atoms with van der Waals surface area (Å²) in [6, 6.07) is 0. The molecule has 5 heteroatoms. The normalized spacial score (nSPS) is 24.0. The zero-order chi connectivity index (χ0) is 9.26. The first-order valence-corrected chi connectivity index (χ1v) is 4.43. The number of hydrogen-bond donors (Lipinski definition) is 1. The van der Waals surface area contributed by atoms with Gasteiger partial charge < -0.3 is 9.52 Å². The van der Waals surface area contributed by atoms with Crippen molar-refractivity contribution in [2.45, 2.75) is 26.0 Å². The van der Waals surface area contributed by atoms with E-state index in [9.17, 15) is 5.11 Å². The van der Waals surface area contributed by atoms with E-state index in [4.69, 9.17) is 4.42 Å². The maximum Gasteiger partial charge on any atom is 0.230 e. The highest BCUT2D eigenvalue weighted by molar-refractivity contribution is 4.82. The van der Waals surface area contributed by atoms with Crippen molar-refractivity contribution in [1.29, 1.82) is 0 Å². The highest BCUT2D eigenvalue weighted by atomic mass is 16.4. The molecule has 0 aromatic carbocycles. The number of aliphatic hydroxyl groups excluding tert-OH is 1. The van der Waals surface area contributed by atoms with Gasteiger partial charge in [0.15, 0.2) is 0 Å². The molecule has 1 aromatic rings. The number of nitrogens with zero attached hydrogens (tertiary/aromatic N) is 3. The average molecular weight is 183 g/mol. The minimum atomic E-state index is -0.191. The molecule has 0 aliphatic carbocycles. The van der Waals surface area contributed by atoms with Gasteiger partial charge in [-0.2, -0.15) is 0 Å². The number of rotatable bonds is 2. The van der Waals surface area contributed by atoms with Crippen LogP contribution in [0.25, 0.3) is 0 Å². The van der Waals surface area contributed by atoms with E-state index < -0.39 is 0 Å². The average Bonchev–Trinajstić information content (AvgIpc) is 2.62. The molecule has 1 N–H and O–H groups in total. The van der Waals surface area contributed by atoms with Crippen molar-refractivity contribution in [3.05, 3.63) is 11.8 Å². The lowest BCUT2D eigenvalue weighted by atomic mass is 10.3. The second-order valence-corrected chi connectivity index (χ2v) is 3.39. The number of β-amino-alcohol motifs (C(OH)–C–C–N with tert-alkyl or cyclic N) is 1. The van der Waals surface area contributed by atoms with E-state index in [2.05, 4.69) is 15.1 Å². The van der Waals surface area contributed by atoms with Crippen molar-refractivity contribution >= 4 is 0 Å². The first-order chi connectivity index (χ1) is 6.24. The van der Waals surface area contributed by atoms with Gasteiger partial charge in [0.2, 0.25) is 11.8 Å². The van der Waals surface area contributed by atoms with Crippen LogP contribution in [-0.2, 0) is 6.54 Å². The Hall–Kier alpha value is -0.940. The quantitative estimate of drug-likeness (QED) is 0.696. The van der Waals surface area contributed by atoms with Crippen molar-refractivity contribution in [3.63, 3.8) is 0 Å². The Balaban J connectivity index is 1.91. The number of hydrogen-bond acceptors (Lipinski definition) is 5. The molecule has 1 saturated heterocycles. The van der Waals surface area contributed by atoms with Crippen LogP contribution in [0.4, 0.5) is 0 Å².